The van der Waals surface area contributed by atoms with Crippen molar-refractivity contribution in [2.24, 2.45) is 0 Å². The van der Waals surface area contributed by atoms with Gasteiger partial charge in [0.1, 0.15) is 6.04 Å². The van der Waals surface area contributed by atoms with Crippen molar-refractivity contribution in [3.8, 4) is 0 Å². The maximum absolute atomic E-state index is 10.9. The van der Waals surface area contributed by atoms with E-state index in [1.165, 1.54) is 0 Å². The summed E-state index contributed by atoms with van der Waals surface area (Å²) in [6, 6.07) is 7.20. The first-order valence-corrected chi connectivity index (χ1v) is 5.98. The molecular weight excluding hydrogens is 238 g/mol. The molecule has 94 valence electrons. The summed E-state index contributed by atoms with van der Waals surface area (Å²) in [5.41, 5.74) is 1.13. The summed E-state index contributed by atoms with van der Waals surface area (Å²) in [7, 11) is 1.82. The van der Waals surface area contributed by atoms with Crippen molar-refractivity contribution in [3.05, 3.63) is 34.9 Å². The van der Waals surface area contributed by atoms with E-state index in [1.54, 1.807) is 6.92 Å². The first-order chi connectivity index (χ1) is 7.91. The Balaban J connectivity index is 2.66. The van der Waals surface area contributed by atoms with Gasteiger partial charge >= 0.3 is 5.97 Å². The molecule has 0 heterocycles. The molecule has 1 aromatic carbocycles. The van der Waals surface area contributed by atoms with Crippen LogP contribution in [0.4, 0.5) is 0 Å². The molecule has 0 fully saturated rings. The Morgan fingerprint density at radius 3 is 2.65 bits per heavy atom. The highest BCUT2D eigenvalue weighted by Gasteiger charge is 2.19. The fourth-order valence-corrected chi connectivity index (χ4v) is 1.90. The fourth-order valence-electron chi connectivity index (χ4n) is 1.70. The molecule has 0 saturated heterocycles. The van der Waals surface area contributed by atoms with Crippen LogP contribution in [0.5, 0.6) is 0 Å². The Morgan fingerprint density at radius 2 is 2.12 bits per heavy atom. The summed E-state index contributed by atoms with van der Waals surface area (Å²) >= 11 is 5.93. The topological polar surface area (TPSA) is 40.5 Å². The van der Waals surface area contributed by atoms with Crippen LogP contribution in [0.15, 0.2) is 24.3 Å². The molecule has 0 aliphatic rings. The molecule has 17 heavy (non-hydrogen) atoms. The van der Waals surface area contributed by atoms with Gasteiger partial charge in [0.25, 0.3) is 0 Å². The van der Waals surface area contributed by atoms with Gasteiger partial charge in [0.2, 0.25) is 0 Å². The lowest BCUT2D eigenvalue weighted by Crippen LogP contribution is -2.37. The summed E-state index contributed by atoms with van der Waals surface area (Å²) < 4.78 is 0. The van der Waals surface area contributed by atoms with E-state index in [4.69, 9.17) is 16.7 Å². The van der Waals surface area contributed by atoms with Crippen LogP contribution in [0, 0.1) is 0 Å². The van der Waals surface area contributed by atoms with Crippen molar-refractivity contribution in [3.63, 3.8) is 0 Å². The highest BCUT2D eigenvalue weighted by Crippen LogP contribution is 2.20. The van der Waals surface area contributed by atoms with Gasteiger partial charge in [-0.25, -0.2) is 0 Å². The molecule has 2 unspecified atom stereocenters. The molecule has 0 bridgehead atoms. The average molecular weight is 256 g/mol. The fraction of sp³-hybridized carbons (Fsp3) is 0.462. The number of halogens is 1. The van der Waals surface area contributed by atoms with Gasteiger partial charge < -0.3 is 5.11 Å². The number of likely N-dealkylation sites (N-methyl/N-ethyl adjacent to an activating group) is 1. The average Bonchev–Trinajstić information content (AvgIpc) is 2.27. The second-order valence-electron chi connectivity index (χ2n) is 4.41. The van der Waals surface area contributed by atoms with Gasteiger partial charge in [-0.3, -0.25) is 9.69 Å². The number of hydrogen-bond acceptors (Lipinski definition) is 2. The number of benzene rings is 1. The summed E-state index contributed by atoms with van der Waals surface area (Å²) in [5.74, 6) is -0.550. The van der Waals surface area contributed by atoms with E-state index in [1.807, 2.05) is 36.2 Å². The predicted octanol–water partition coefficient (Wildman–Crippen LogP) is 2.85. The predicted molar refractivity (Wildman–Crippen MR) is 69.6 cm³/mol. The SMILES string of the molecule is CC(CN(C)C(C)C(=O)O)c1cccc(Cl)c1. The minimum Gasteiger partial charge on any atom is -0.480 e. The van der Waals surface area contributed by atoms with Crippen molar-refractivity contribution in [1.82, 2.24) is 4.90 Å². The van der Waals surface area contributed by atoms with Crippen LogP contribution in [-0.2, 0) is 4.79 Å². The zero-order valence-corrected chi connectivity index (χ0v) is 11.1. The van der Waals surface area contributed by atoms with E-state index < -0.39 is 12.0 Å². The Hall–Kier alpha value is -1.06. The van der Waals surface area contributed by atoms with Crippen LogP contribution in [0.3, 0.4) is 0 Å². The first-order valence-electron chi connectivity index (χ1n) is 5.60. The zero-order chi connectivity index (χ0) is 13.0. The Kier molecular flexibility index (Phi) is 4.97. The number of hydrogen-bond donors (Lipinski definition) is 1. The van der Waals surface area contributed by atoms with Gasteiger partial charge in [0.05, 0.1) is 0 Å². The van der Waals surface area contributed by atoms with E-state index in [2.05, 4.69) is 6.92 Å². The van der Waals surface area contributed by atoms with Crippen molar-refractivity contribution in [2.45, 2.75) is 25.8 Å². The van der Waals surface area contributed by atoms with Gasteiger partial charge in [0.15, 0.2) is 0 Å². The van der Waals surface area contributed by atoms with E-state index in [-0.39, 0.29) is 5.92 Å². The standard InChI is InChI=1S/C13H18ClNO2/c1-9(8-15(3)10(2)13(16)17)11-5-4-6-12(14)7-11/h4-7,9-10H,8H2,1-3H3,(H,16,17). The monoisotopic (exact) mass is 255 g/mol. The molecule has 1 aromatic rings. The number of carboxylic acid groups (broad SMARTS) is 1. The molecule has 0 radical (unpaired) electrons. The van der Waals surface area contributed by atoms with Crippen LogP contribution < -0.4 is 0 Å². The van der Waals surface area contributed by atoms with Crippen LogP contribution in [0.25, 0.3) is 0 Å². The Bertz CT molecular complexity index is 395. The lowest BCUT2D eigenvalue weighted by molar-refractivity contribution is -0.142. The second kappa shape index (κ2) is 6.03. The molecule has 1 N–H and O–H groups in total. The highest BCUT2D eigenvalue weighted by atomic mass is 35.5. The van der Waals surface area contributed by atoms with Gasteiger partial charge in [-0.1, -0.05) is 30.7 Å². The third-order valence-corrected chi connectivity index (χ3v) is 3.23. The third-order valence-electron chi connectivity index (χ3n) is 3.00. The molecule has 0 amide bonds. The lowest BCUT2D eigenvalue weighted by atomic mass is 10.0. The second-order valence-corrected chi connectivity index (χ2v) is 4.85. The molecule has 0 spiro atoms. The van der Waals surface area contributed by atoms with Gasteiger partial charge in [-0.05, 0) is 37.6 Å². The van der Waals surface area contributed by atoms with E-state index in [0.29, 0.717) is 11.6 Å². The number of carboxylic acids is 1. The van der Waals surface area contributed by atoms with E-state index in [9.17, 15) is 4.79 Å². The molecular formula is C13H18ClNO2. The number of aliphatic carboxylic acids is 1. The quantitative estimate of drug-likeness (QED) is 0.880. The van der Waals surface area contributed by atoms with E-state index in [0.717, 1.165) is 5.56 Å². The molecule has 4 heteroatoms. The van der Waals surface area contributed by atoms with Gasteiger partial charge in [0, 0.05) is 11.6 Å². The van der Waals surface area contributed by atoms with Gasteiger partial charge in [-0.15, -0.1) is 0 Å². The first kappa shape index (κ1) is 14.0. The van der Waals surface area contributed by atoms with Crippen molar-refractivity contribution in [2.75, 3.05) is 13.6 Å². The molecule has 1 rings (SSSR count). The molecule has 3 nitrogen and oxygen atoms in total. The maximum atomic E-state index is 10.9. The normalized spacial score (nSPS) is 14.6. The Morgan fingerprint density at radius 1 is 1.47 bits per heavy atom. The molecule has 0 saturated carbocycles. The summed E-state index contributed by atoms with van der Waals surface area (Å²) in [5, 5.41) is 9.63. The van der Waals surface area contributed by atoms with Crippen LogP contribution in [-0.4, -0.2) is 35.6 Å². The molecule has 2 atom stereocenters. The Labute approximate surface area is 107 Å². The van der Waals surface area contributed by atoms with Crippen molar-refractivity contribution >= 4 is 17.6 Å². The summed E-state index contributed by atoms with van der Waals surface area (Å²) in [6.07, 6.45) is 0. The minimum absolute atomic E-state index is 0.250. The number of nitrogens with zero attached hydrogens (tertiary/aromatic N) is 1. The third kappa shape index (κ3) is 4.02. The minimum atomic E-state index is -0.800. The van der Waals surface area contributed by atoms with Crippen molar-refractivity contribution < 1.29 is 9.90 Å². The number of carbonyl (C=O) groups is 1. The van der Waals surface area contributed by atoms with Crippen LogP contribution in [0.1, 0.15) is 25.3 Å². The van der Waals surface area contributed by atoms with Crippen molar-refractivity contribution in [1.29, 1.82) is 0 Å². The smallest absolute Gasteiger partial charge is 0.320 e. The largest absolute Gasteiger partial charge is 0.480 e. The zero-order valence-electron chi connectivity index (χ0n) is 10.4. The van der Waals surface area contributed by atoms with Crippen LogP contribution in [0.2, 0.25) is 5.02 Å². The molecule has 0 aliphatic heterocycles. The highest BCUT2D eigenvalue weighted by molar-refractivity contribution is 6.30. The molecule has 0 aliphatic carbocycles. The summed E-state index contributed by atoms with van der Waals surface area (Å²) in [4.78, 5) is 12.7. The van der Waals surface area contributed by atoms with E-state index >= 15 is 0 Å². The summed E-state index contributed by atoms with van der Waals surface area (Å²) in [6.45, 7) is 4.44. The lowest BCUT2D eigenvalue weighted by Gasteiger charge is -2.25. The maximum Gasteiger partial charge on any atom is 0.320 e. The van der Waals surface area contributed by atoms with Gasteiger partial charge in [-0.2, -0.15) is 0 Å². The van der Waals surface area contributed by atoms with Crippen LogP contribution >= 0.6 is 11.6 Å². The molecule has 0 aromatic heterocycles. The number of rotatable bonds is 5.